The van der Waals surface area contributed by atoms with Crippen molar-refractivity contribution in [1.29, 1.82) is 0 Å². The molecule has 0 aliphatic heterocycles. The molecule has 0 aliphatic carbocycles. The van der Waals surface area contributed by atoms with Gasteiger partial charge in [0.25, 0.3) is 0 Å². The summed E-state index contributed by atoms with van der Waals surface area (Å²) in [6.45, 7) is 0. The minimum absolute atomic E-state index is 0.0479. The van der Waals surface area contributed by atoms with Gasteiger partial charge in [0.15, 0.2) is 0 Å². The zero-order chi connectivity index (χ0) is 12.2. The van der Waals surface area contributed by atoms with Crippen molar-refractivity contribution in [3.05, 3.63) is 24.3 Å². The van der Waals surface area contributed by atoms with Crippen molar-refractivity contribution in [3.8, 4) is 0 Å². The molecular weight excluding hydrogens is 264 g/mol. The Morgan fingerprint density at radius 2 is 2.00 bits per heavy atom. The molecule has 0 bridgehead atoms. The molecule has 0 saturated heterocycles. The predicted octanol–water partition coefficient (Wildman–Crippen LogP) is 1.44. The van der Waals surface area contributed by atoms with Crippen molar-refractivity contribution in [2.45, 2.75) is 4.90 Å². The first kappa shape index (κ1) is 13.3. The van der Waals surface area contributed by atoms with Gasteiger partial charge in [-0.1, -0.05) is 12.2 Å². The molecular formula is C9H12N2O2S3. The Balaban J connectivity index is 2.76. The van der Waals surface area contributed by atoms with Gasteiger partial charge in [-0.3, -0.25) is 4.72 Å². The maximum absolute atomic E-state index is 11.5. The van der Waals surface area contributed by atoms with Gasteiger partial charge in [-0.15, -0.1) is 11.8 Å². The van der Waals surface area contributed by atoms with Gasteiger partial charge in [0, 0.05) is 10.6 Å². The van der Waals surface area contributed by atoms with Crippen molar-refractivity contribution in [1.82, 2.24) is 0 Å². The van der Waals surface area contributed by atoms with Gasteiger partial charge >= 0.3 is 0 Å². The van der Waals surface area contributed by atoms with Crippen molar-refractivity contribution in [2.75, 3.05) is 16.7 Å². The molecule has 0 spiro atoms. The smallest absolute Gasteiger partial charge is 0.239 e. The molecule has 0 heterocycles. The summed E-state index contributed by atoms with van der Waals surface area (Å²) in [5, 5.41) is 0. The van der Waals surface area contributed by atoms with E-state index in [-0.39, 0.29) is 10.7 Å². The molecule has 0 saturated carbocycles. The van der Waals surface area contributed by atoms with E-state index in [0.717, 1.165) is 4.90 Å². The highest BCUT2D eigenvalue weighted by Crippen LogP contribution is 2.18. The lowest BCUT2D eigenvalue weighted by atomic mass is 10.3. The number of benzene rings is 1. The molecule has 0 radical (unpaired) electrons. The molecule has 1 aromatic carbocycles. The number of hydrogen-bond donors (Lipinski definition) is 2. The Bertz CT molecular complexity index is 468. The SMILES string of the molecule is CSc1ccc(NS(=O)(=O)CC(N)=S)cc1. The standard InChI is InChI=1S/C9H12N2O2S3/c1-15-8-4-2-7(3-5-8)11-16(12,13)6-9(10)14/h2-5,11H,6H2,1H3,(H2,10,14). The summed E-state index contributed by atoms with van der Waals surface area (Å²) in [4.78, 5) is 1.02. The zero-order valence-electron chi connectivity index (χ0n) is 8.64. The lowest BCUT2D eigenvalue weighted by Crippen LogP contribution is -2.26. The van der Waals surface area contributed by atoms with Gasteiger partial charge in [-0.05, 0) is 30.5 Å². The number of sulfonamides is 1. The topological polar surface area (TPSA) is 72.2 Å². The van der Waals surface area contributed by atoms with Crippen LogP contribution in [0, 0.1) is 0 Å². The normalized spacial score (nSPS) is 11.1. The number of rotatable bonds is 5. The van der Waals surface area contributed by atoms with Gasteiger partial charge in [-0.2, -0.15) is 0 Å². The van der Waals surface area contributed by atoms with Crippen molar-refractivity contribution in [3.63, 3.8) is 0 Å². The first-order chi connectivity index (χ1) is 7.43. The van der Waals surface area contributed by atoms with Gasteiger partial charge in [-0.25, -0.2) is 8.42 Å². The summed E-state index contributed by atoms with van der Waals surface area (Å²) in [6.07, 6.45) is 1.95. The lowest BCUT2D eigenvalue weighted by Gasteiger charge is -2.07. The second-order valence-corrected chi connectivity index (χ2v) is 6.18. The van der Waals surface area contributed by atoms with Gasteiger partial charge in [0.1, 0.15) is 5.75 Å². The number of nitrogens with one attached hydrogen (secondary N) is 1. The Labute approximate surface area is 105 Å². The molecule has 7 heteroatoms. The molecule has 0 aromatic heterocycles. The lowest BCUT2D eigenvalue weighted by molar-refractivity contribution is 0.605. The van der Waals surface area contributed by atoms with E-state index in [0.29, 0.717) is 5.69 Å². The van der Waals surface area contributed by atoms with Crippen molar-refractivity contribution in [2.24, 2.45) is 5.73 Å². The van der Waals surface area contributed by atoms with Crippen LogP contribution in [0.1, 0.15) is 0 Å². The zero-order valence-corrected chi connectivity index (χ0v) is 11.1. The second kappa shape index (κ2) is 5.51. The maximum atomic E-state index is 11.5. The molecule has 0 aliphatic rings. The molecule has 0 unspecified atom stereocenters. The van der Waals surface area contributed by atoms with Crippen LogP contribution in [0.15, 0.2) is 29.2 Å². The Hall–Kier alpha value is -0.790. The van der Waals surface area contributed by atoms with Gasteiger partial charge in [0.2, 0.25) is 10.0 Å². The highest BCUT2D eigenvalue weighted by atomic mass is 32.2. The molecule has 0 fully saturated rings. The molecule has 1 aromatic rings. The summed E-state index contributed by atoms with van der Waals surface area (Å²) >= 11 is 6.14. The third kappa shape index (κ3) is 4.38. The molecule has 0 atom stereocenters. The van der Waals surface area contributed by atoms with E-state index in [1.54, 1.807) is 23.9 Å². The van der Waals surface area contributed by atoms with Crippen LogP contribution in [0.3, 0.4) is 0 Å². The molecule has 0 amide bonds. The van der Waals surface area contributed by atoms with E-state index in [4.69, 9.17) is 5.73 Å². The van der Waals surface area contributed by atoms with E-state index in [2.05, 4.69) is 16.9 Å². The molecule has 88 valence electrons. The van der Waals surface area contributed by atoms with Crippen LogP contribution >= 0.6 is 24.0 Å². The quantitative estimate of drug-likeness (QED) is 0.629. The van der Waals surface area contributed by atoms with E-state index >= 15 is 0 Å². The van der Waals surface area contributed by atoms with Gasteiger partial charge < -0.3 is 5.73 Å². The van der Waals surface area contributed by atoms with Crippen LogP contribution in [0.4, 0.5) is 5.69 Å². The third-order valence-electron chi connectivity index (χ3n) is 1.70. The maximum Gasteiger partial charge on any atom is 0.239 e. The molecule has 1 rings (SSSR count). The minimum atomic E-state index is -3.48. The Morgan fingerprint density at radius 3 is 2.44 bits per heavy atom. The summed E-state index contributed by atoms with van der Waals surface area (Å²) in [5.41, 5.74) is 5.70. The van der Waals surface area contributed by atoms with Crippen molar-refractivity contribution < 1.29 is 8.42 Å². The molecule has 16 heavy (non-hydrogen) atoms. The number of thiocarbonyl (C=S) groups is 1. The summed E-state index contributed by atoms with van der Waals surface area (Å²) in [6, 6.07) is 7.07. The van der Waals surface area contributed by atoms with Crippen molar-refractivity contribution >= 4 is 44.7 Å². The fourth-order valence-corrected chi connectivity index (χ4v) is 2.88. The summed E-state index contributed by atoms with van der Waals surface area (Å²) in [5.74, 6) is -0.341. The van der Waals surface area contributed by atoms with Crippen LogP contribution in [0.25, 0.3) is 0 Å². The summed E-state index contributed by atoms with van der Waals surface area (Å²) < 4.78 is 25.4. The van der Waals surface area contributed by atoms with Crippen LogP contribution in [0.5, 0.6) is 0 Å². The van der Waals surface area contributed by atoms with E-state index in [1.807, 2.05) is 18.4 Å². The minimum Gasteiger partial charge on any atom is -0.392 e. The predicted molar refractivity (Wildman–Crippen MR) is 72.4 cm³/mol. The number of nitrogens with two attached hydrogens (primary N) is 1. The van der Waals surface area contributed by atoms with E-state index < -0.39 is 10.0 Å². The molecule has 3 N–H and O–H groups in total. The van der Waals surface area contributed by atoms with Crippen LogP contribution < -0.4 is 10.5 Å². The van der Waals surface area contributed by atoms with E-state index in [1.165, 1.54) is 0 Å². The second-order valence-electron chi connectivity index (χ2n) is 3.06. The van der Waals surface area contributed by atoms with E-state index in [9.17, 15) is 8.42 Å². The fourth-order valence-electron chi connectivity index (χ4n) is 1.06. The Kier molecular flexibility index (Phi) is 4.57. The van der Waals surface area contributed by atoms with Gasteiger partial charge in [0.05, 0.1) is 4.99 Å². The monoisotopic (exact) mass is 276 g/mol. The van der Waals surface area contributed by atoms with Crippen LogP contribution in [-0.4, -0.2) is 25.4 Å². The number of thioether (sulfide) groups is 1. The Morgan fingerprint density at radius 1 is 1.44 bits per heavy atom. The average molecular weight is 276 g/mol. The largest absolute Gasteiger partial charge is 0.392 e. The fraction of sp³-hybridized carbons (Fsp3) is 0.222. The first-order valence-corrected chi connectivity index (χ1v) is 7.64. The third-order valence-corrected chi connectivity index (χ3v) is 4.00. The first-order valence-electron chi connectivity index (χ1n) is 4.36. The number of anilines is 1. The number of hydrogen-bond acceptors (Lipinski definition) is 4. The molecule has 4 nitrogen and oxygen atoms in total. The average Bonchev–Trinajstić information content (AvgIpc) is 2.16. The highest BCUT2D eigenvalue weighted by Gasteiger charge is 2.11. The summed E-state index contributed by atoms with van der Waals surface area (Å²) in [7, 11) is -3.48. The highest BCUT2D eigenvalue weighted by molar-refractivity contribution is 7.98. The van der Waals surface area contributed by atoms with Crippen LogP contribution in [-0.2, 0) is 10.0 Å². The van der Waals surface area contributed by atoms with Crippen LogP contribution in [0.2, 0.25) is 0 Å².